The van der Waals surface area contributed by atoms with Crippen LogP contribution in [-0.4, -0.2) is 62.6 Å². The summed E-state index contributed by atoms with van der Waals surface area (Å²) in [4.78, 5) is 14.2. The van der Waals surface area contributed by atoms with E-state index in [1.54, 1.807) is 22.2 Å². The van der Waals surface area contributed by atoms with E-state index < -0.39 is 6.10 Å². The summed E-state index contributed by atoms with van der Waals surface area (Å²) in [6, 6.07) is 0. The molecule has 1 unspecified atom stereocenters. The third kappa shape index (κ3) is 4.02. The summed E-state index contributed by atoms with van der Waals surface area (Å²) in [6.45, 7) is 8.57. The highest BCUT2D eigenvalue weighted by Crippen LogP contribution is 2.33. The molecule has 4 rings (SSSR count). The zero-order chi connectivity index (χ0) is 19.7. The highest BCUT2D eigenvalue weighted by molar-refractivity contribution is 7.18. The quantitative estimate of drug-likeness (QED) is 0.652. The fraction of sp³-hybridized carbons (Fsp3) is 0.526. The van der Waals surface area contributed by atoms with Crippen LogP contribution in [0.2, 0.25) is 0 Å². The Labute approximate surface area is 168 Å². The molecule has 9 heteroatoms. The molecular weight excluding hydrogens is 376 g/mol. The molecule has 1 aliphatic heterocycles. The van der Waals surface area contributed by atoms with Crippen LogP contribution in [0.25, 0.3) is 10.2 Å². The van der Waals surface area contributed by atoms with Gasteiger partial charge in [-0.1, -0.05) is 0 Å². The maximum Gasteiger partial charge on any atom is 0.146 e. The molecule has 3 aromatic heterocycles. The first-order valence-corrected chi connectivity index (χ1v) is 10.3. The summed E-state index contributed by atoms with van der Waals surface area (Å²) >= 11 is 1.69. The van der Waals surface area contributed by atoms with Gasteiger partial charge in [0.1, 0.15) is 16.5 Å². The highest BCUT2D eigenvalue weighted by Gasteiger charge is 2.18. The van der Waals surface area contributed by atoms with Crippen LogP contribution in [-0.2, 0) is 18.3 Å². The average Bonchev–Trinajstić information content (AvgIpc) is 3.24. The summed E-state index contributed by atoms with van der Waals surface area (Å²) in [5.41, 5.74) is 1.98. The lowest BCUT2D eigenvalue weighted by Gasteiger charge is -2.25. The lowest BCUT2D eigenvalue weighted by molar-refractivity contribution is 0.0331. The minimum Gasteiger partial charge on any atom is -0.386 e. The van der Waals surface area contributed by atoms with Gasteiger partial charge in [0.2, 0.25) is 0 Å². The fourth-order valence-corrected chi connectivity index (χ4v) is 4.42. The number of nitrogens with zero attached hydrogens (tertiary/aromatic N) is 5. The monoisotopic (exact) mass is 402 g/mol. The molecule has 150 valence electrons. The molecule has 2 N–H and O–H groups in total. The van der Waals surface area contributed by atoms with Gasteiger partial charge >= 0.3 is 0 Å². The van der Waals surface area contributed by atoms with E-state index >= 15 is 0 Å². The number of aliphatic hydroxyl groups excluding tert-OH is 1. The molecule has 0 aromatic carbocycles. The Morgan fingerprint density at radius 1 is 1.29 bits per heavy atom. The van der Waals surface area contributed by atoms with Crippen LogP contribution in [0.5, 0.6) is 0 Å². The first-order valence-electron chi connectivity index (χ1n) is 9.48. The smallest absolute Gasteiger partial charge is 0.146 e. The second kappa shape index (κ2) is 8.12. The Balaban J connectivity index is 1.59. The molecule has 3 aromatic rings. The van der Waals surface area contributed by atoms with Crippen molar-refractivity contribution in [1.82, 2.24) is 24.6 Å². The van der Waals surface area contributed by atoms with E-state index in [-0.39, 0.29) is 0 Å². The summed E-state index contributed by atoms with van der Waals surface area (Å²) in [7, 11) is 1.84. The molecule has 8 nitrogen and oxygen atoms in total. The fourth-order valence-electron chi connectivity index (χ4n) is 3.38. The van der Waals surface area contributed by atoms with Crippen molar-refractivity contribution in [3.63, 3.8) is 0 Å². The average molecular weight is 403 g/mol. The highest BCUT2D eigenvalue weighted by atomic mass is 32.1. The standard InChI is InChI=1S/C19H26N6O2S/c1-12-13(2)28-19-17(12)18(20-9-15(26)14-8-21-24(3)10-14)22-16(23-19)11-25-4-6-27-7-5-25/h8,10,15,26H,4-7,9,11H2,1-3H3,(H,20,22,23). The van der Waals surface area contributed by atoms with Crippen LogP contribution in [0, 0.1) is 13.8 Å². The van der Waals surface area contributed by atoms with Gasteiger partial charge in [0.15, 0.2) is 0 Å². The second-order valence-corrected chi connectivity index (χ2v) is 8.39. The minimum absolute atomic E-state index is 0.364. The molecule has 1 fully saturated rings. The van der Waals surface area contributed by atoms with Crippen molar-refractivity contribution in [3.8, 4) is 0 Å². The predicted octanol–water partition coefficient (Wildman–Crippen LogP) is 2.02. The number of fused-ring (bicyclic) bond motifs is 1. The van der Waals surface area contributed by atoms with Gasteiger partial charge in [-0.05, 0) is 19.4 Å². The number of anilines is 1. The normalized spacial score (nSPS) is 16.6. The van der Waals surface area contributed by atoms with Crippen molar-refractivity contribution in [2.75, 3.05) is 38.2 Å². The number of hydrogen-bond donors (Lipinski definition) is 2. The number of rotatable bonds is 6. The molecular formula is C19H26N6O2S. The van der Waals surface area contributed by atoms with Crippen molar-refractivity contribution in [2.24, 2.45) is 7.05 Å². The second-order valence-electron chi connectivity index (χ2n) is 7.18. The molecule has 1 saturated heterocycles. The molecule has 1 atom stereocenters. The number of thiophene rings is 1. The molecule has 4 heterocycles. The molecule has 28 heavy (non-hydrogen) atoms. The Hall–Kier alpha value is -2.07. The van der Waals surface area contributed by atoms with Gasteiger partial charge in [-0.15, -0.1) is 11.3 Å². The van der Waals surface area contributed by atoms with Crippen molar-refractivity contribution in [2.45, 2.75) is 26.5 Å². The van der Waals surface area contributed by atoms with E-state index in [2.05, 4.69) is 29.2 Å². The van der Waals surface area contributed by atoms with Gasteiger partial charge in [-0.3, -0.25) is 9.58 Å². The van der Waals surface area contributed by atoms with E-state index in [9.17, 15) is 5.11 Å². The van der Waals surface area contributed by atoms with Crippen LogP contribution in [0.3, 0.4) is 0 Å². The van der Waals surface area contributed by atoms with Gasteiger partial charge in [0.05, 0.1) is 37.4 Å². The van der Waals surface area contributed by atoms with Crippen LogP contribution in [0.1, 0.15) is 27.9 Å². The summed E-state index contributed by atoms with van der Waals surface area (Å²) < 4.78 is 7.12. The number of aryl methyl sites for hydroxylation is 3. The van der Waals surface area contributed by atoms with E-state index in [0.717, 1.165) is 53.7 Å². The molecule has 0 amide bonds. The van der Waals surface area contributed by atoms with Crippen LogP contribution in [0.15, 0.2) is 12.4 Å². The van der Waals surface area contributed by atoms with Gasteiger partial charge in [0.25, 0.3) is 0 Å². The van der Waals surface area contributed by atoms with E-state index in [1.807, 2.05) is 13.2 Å². The van der Waals surface area contributed by atoms with Crippen molar-refractivity contribution in [1.29, 1.82) is 0 Å². The zero-order valence-corrected chi connectivity index (χ0v) is 17.3. The van der Waals surface area contributed by atoms with E-state index in [4.69, 9.17) is 14.7 Å². The van der Waals surface area contributed by atoms with Gasteiger partial charge in [0, 0.05) is 43.3 Å². The van der Waals surface area contributed by atoms with Crippen molar-refractivity contribution < 1.29 is 9.84 Å². The number of aliphatic hydroxyl groups is 1. The number of ether oxygens (including phenoxy) is 1. The minimum atomic E-state index is -0.651. The number of morpholine rings is 1. The molecule has 0 bridgehead atoms. The Bertz CT molecular complexity index is 963. The Kier molecular flexibility index (Phi) is 5.58. The number of nitrogens with one attached hydrogen (secondary N) is 1. The Morgan fingerprint density at radius 2 is 2.07 bits per heavy atom. The topological polar surface area (TPSA) is 88.3 Å². The number of aromatic nitrogens is 4. The summed E-state index contributed by atoms with van der Waals surface area (Å²) in [6.07, 6.45) is 2.86. The first-order chi connectivity index (χ1) is 13.5. The molecule has 1 aliphatic rings. The van der Waals surface area contributed by atoms with Crippen molar-refractivity contribution >= 4 is 27.4 Å². The maximum atomic E-state index is 10.5. The number of hydrogen-bond acceptors (Lipinski definition) is 8. The third-order valence-corrected chi connectivity index (χ3v) is 6.22. The molecule has 0 aliphatic carbocycles. The van der Waals surface area contributed by atoms with Crippen LogP contribution >= 0.6 is 11.3 Å². The largest absolute Gasteiger partial charge is 0.386 e. The van der Waals surface area contributed by atoms with Crippen molar-refractivity contribution in [3.05, 3.63) is 34.2 Å². The predicted molar refractivity (Wildman–Crippen MR) is 110 cm³/mol. The summed E-state index contributed by atoms with van der Waals surface area (Å²) in [5, 5.41) is 19.0. The van der Waals surface area contributed by atoms with Crippen LogP contribution < -0.4 is 5.32 Å². The molecule has 0 radical (unpaired) electrons. The van der Waals surface area contributed by atoms with Crippen LogP contribution in [0.4, 0.5) is 5.82 Å². The van der Waals surface area contributed by atoms with Gasteiger partial charge in [-0.2, -0.15) is 5.10 Å². The lowest BCUT2D eigenvalue weighted by atomic mass is 10.2. The Morgan fingerprint density at radius 3 is 2.79 bits per heavy atom. The lowest BCUT2D eigenvalue weighted by Crippen LogP contribution is -2.36. The van der Waals surface area contributed by atoms with E-state index in [0.29, 0.717) is 13.1 Å². The SMILES string of the molecule is Cc1sc2nc(CN3CCOCC3)nc(NCC(O)c3cnn(C)c3)c2c1C. The van der Waals surface area contributed by atoms with E-state index in [1.165, 1.54) is 10.4 Å². The zero-order valence-electron chi connectivity index (χ0n) is 16.5. The van der Waals surface area contributed by atoms with Gasteiger partial charge < -0.3 is 15.2 Å². The first kappa shape index (κ1) is 19.3. The third-order valence-electron chi connectivity index (χ3n) is 5.12. The van der Waals surface area contributed by atoms with Gasteiger partial charge in [-0.25, -0.2) is 9.97 Å². The maximum absolute atomic E-state index is 10.5. The summed E-state index contributed by atoms with van der Waals surface area (Å²) in [5.74, 6) is 1.59. The molecule has 0 spiro atoms. The molecule has 0 saturated carbocycles.